The molecule has 2 heterocycles. The van der Waals surface area contributed by atoms with Crippen LogP contribution in [0.3, 0.4) is 0 Å². The summed E-state index contributed by atoms with van der Waals surface area (Å²) in [6.07, 6.45) is 13.5. The van der Waals surface area contributed by atoms with Gasteiger partial charge in [0.05, 0.1) is 17.8 Å². The first kappa shape index (κ1) is 21.9. The molecule has 0 aromatic rings. The van der Waals surface area contributed by atoms with Crippen LogP contribution >= 0.6 is 0 Å². The standard InChI is InChI=1S/C29H45NO2/c1-17-12-26-27(30(5)16-17)19(3)29(32-26)11-9-22-23-7-6-20-13-21(31)8-10-28(20,4)25(23)14-24(22)18(2)15-29/h6,17,19,21-23,25-27,31H,7-16H2,1-5H3/t17-,19+,21-,22-,23-,25-,26+,27?,28-,29-/m0/s1. The van der Waals surface area contributed by atoms with E-state index in [1.165, 1.54) is 45.1 Å². The van der Waals surface area contributed by atoms with Crippen LogP contribution in [0.25, 0.3) is 0 Å². The number of aliphatic hydroxyl groups excluding tert-OH is 1. The Kier molecular flexibility index (Phi) is 5.07. The number of aliphatic hydroxyl groups is 1. The van der Waals surface area contributed by atoms with E-state index in [9.17, 15) is 5.11 Å². The highest BCUT2D eigenvalue weighted by atomic mass is 16.5. The summed E-state index contributed by atoms with van der Waals surface area (Å²) in [5.41, 5.74) is 5.44. The Labute approximate surface area is 195 Å². The summed E-state index contributed by atoms with van der Waals surface area (Å²) in [5, 5.41) is 10.3. The maximum Gasteiger partial charge on any atom is 0.0765 e. The third-order valence-corrected chi connectivity index (χ3v) is 11.4. The molecule has 2 saturated carbocycles. The van der Waals surface area contributed by atoms with Gasteiger partial charge in [0.1, 0.15) is 0 Å². The van der Waals surface area contributed by atoms with Crippen molar-refractivity contribution in [1.29, 1.82) is 0 Å². The van der Waals surface area contributed by atoms with Crippen molar-refractivity contribution in [2.75, 3.05) is 13.6 Å². The van der Waals surface area contributed by atoms with E-state index in [-0.39, 0.29) is 11.7 Å². The number of allylic oxidation sites excluding steroid dienone is 2. The molecule has 6 aliphatic rings. The predicted molar refractivity (Wildman–Crippen MR) is 129 cm³/mol. The summed E-state index contributed by atoms with van der Waals surface area (Å²) in [5.74, 6) is 3.71. The largest absolute Gasteiger partial charge is 0.393 e. The van der Waals surface area contributed by atoms with Gasteiger partial charge in [-0.1, -0.05) is 43.6 Å². The van der Waals surface area contributed by atoms with Gasteiger partial charge in [0.15, 0.2) is 0 Å². The van der Waals surface area contributed by atoms with E-state index < -0.39 is 0 Å². The molecule has 0 radical (unpaired) electrons. The Hall–Kier alpha value is -0.640. The van der Waals surface area contributed by atoms with Gasteiger partial charge in [0, 0.05) is 18.5 Å². The second-order valence-corrected chi connectivity index (χ2v) is 13.2. The van der Waals surface area contributed by atoms with E-state index in [0.29, 0.717) is 23.5 Å². The third-order valence-electron chi connectivity index (χ3n) is 11.4. The second kappa shape index (κ2) is 7.43. The van der Waals surface area contributed by atoms with E-state index in [4.69, 9.17) is 4.74 Å². The molecule has 0 bridgehead atoms. The molecule has 1 spiro atoms. The first-order valence-electron chi connectivity index (χ1n) is 13.7. The third kappa shape index (κ3) is 3.02. The number of fused-ring (bicyclic) bond motifs is 6. The monoisotopic (exact) mass is 439 g/mol. The Morgan fingerprint density at radius 1 is 1.16 bits per heavy atom. The van der Waals surface area contributed by atoms with Crippen molar-refractivity contribution in [2.24, 2.45) is 35.0 Å². The Morgan fingerprint density at radius 3 is 2.78 bits per heavy atom. The van der Waals surface area contributed by atoms with Crippen LogP contribution in [0, 0.1) is 35.0 Å². The average molecular weight is 440 g/mol. The summed E-state index contributed by atoms with van der Waals surface area (Å²) < 4.78 is 7.10. The number of likely N-dealkylation sites (N-methyl/N-ethyl adjacent to an activating group) is 1. The summed E-state index contributed by atoms with van der Waals surface area (Å²) in [6.45, 7) is 11.1. The summed E-state index contributed by atoms with van der Waals surface area (Å²) in [7, 11) is 2.33. The molecular formula is C29H45NO2. The van der Waals surface area contributed by atoms with Gasteiger partial charge in [-0.15, -0.1) is 0 Å². The summed E-state index contributed by atoms with van der Waals surface area (Å²) >= 11 is 0. The van der Waals surface area contributed by atoms with Crippen molar-refractivity contribution in [3.05, 3.63) is 22.8 Å². The van der Waals surface area contributed by atoms with Gasteiger partial charge >= 0.3 is 0 Å². The fraction of sp³-hybridized carbons (Fsp3) is 0.862. The number of likely N-dealkylation sites (tertiary alicyclic amines) is 1. The van der Waals surface area contributed by atoms with Gasteiger partial charge < -0.3 is 14.7 Å². The number of rotatable bonds is 0. The maximum atomic E-state index is 10.3. The van der Waals surface area contributed by atoms with Crippen molar-refractivity contribution < 1.29 is 9.84 Å². The first-order valence-corrected chi connectivity index (χ1v) is 13.7. The first-order chi connectivity index (χ1) is 15.2. The normalized spacial score (nSPS) is 53.4. The number of piperidine rings is 1. The number of nitrogens with zero attached hydrogens (tertiary/aromatic N) is 1. The topological polar surface area (TPSA) is 32.7 Å². The van der Waals surface area contributed by atoms with Gasteiger partial charge in [-0.25, -0.2) is 0 Å². The lowest BCUT2D eigenvalue weighted by Gasteiger charge is -2.49. The molecule has 0 amide bonds. The van der Waals surface area contributed by atoms with Crippen molar-refractivity contribution in [3.8, 4) is 0 Å². The molecule has 6 rings (SSSR count). The molecule has 4 aliphatic carbocycles. The van der Waals surface area contributed by atoms with Crippen LogP contribution in [0.1, 0.15) is 85.5 Å². The van der Waals surface area contributed by atoms with Crippen LogP contribution in [0.2, 0.25) is 0 Å². The Balaban J connectivity index is 1.29. The van der Waals surface area contributed by atoms with E-state index in [1.54, 1.807) is 11.1 Å². The molecule has 0 aromatic carbocycles. The maximum absolute atomic E-state index is 10.3. The average Bonchev–Trinajstić information content (AvgIpc) is 3.19. The van der Waals surface area contributed by atoms with Gasteiger partial charge in [-0.2, -0.15) is 0 Å². The van der Waals surface area contributed by atoms with E-state index >= 15 is 0 Å². The fourth-order valence-corrected chi connectivity index (χ4v) is 9.81. The smallest absolute Gasteiger partial charge is 0.0765 e. The van der Waals surface area contributed by atoms with Crippen LogP contribution < -0.4 is 0 Å². The lowest BCUT2D eigenvalue weighted by atomic mass is 9.56. The van der Waals surface area contributed by atoms with Crippen LogP contribution in [0.15, 0.2) is 22.8 Å². The minimum absolute atomic E-state index is 0.0547. The quantitative estimate of drug-likeness (QED) is 0.489. The molecule has 32 heavy (non-hydrogen) atoms. The molecule has 3 nitrogen and oxygen atoms in total. The predicted octanol–water partition coefficient (Wildman–Crippen LogP) is 5.73. The number of ether oxygens (including phenoxy) is 1. The van der Waals surface area contributed by atoms with E-state index in [2.05, 4.69) is 45.7 Å². The molecule has 3 heteroatoms. The van der Waals surface area contributed by atoms with Gasteiger partial charge in [-0.05, 0) is 101 Å². The minimum Gasteiger partial charge on any atom is -0.393 e. The molecule has 2 saturated heterocycles. The van der Waals surface area contributed by atoms with Crippen LogP contribution in [-0.2, 0) is 4.74 Å². The summed E-state index contributed by atoms with van der Waals surface area (Å²) in [6, 6.07) is 0.599. The number of hydrogen-bond donors (Lipinski definition) is 1. The highest BCUT2D eigenvalue weighted by Crippen LogP contribution is 2.63. The highest BCUT2D eigenvalue weighted by Gasteiger charge is 2.58. The van der Waals surface area contributed by atoms with Crippen molar-refractivity contribution in [2.45, 2.75) is 109 Å². The number of hydrogen-bond acceptors (Lipinski definition) is 3. The molecule has 1 N–H and O–H groups in total. The lowest BCUT2D eigenvalue weighted by molar-refractivity contribution is -0.0777. The van der Waals surface area contributed by atoms with Gasteiger partial charge in [0.25, 0.3) is 0 Å². The zero-order chi connectivity index (χ0) is 22.4. The SMILES string of the molecule is CC1=C2C[C@H]3[C@@H](CC=C4C[C@@H](O)CC[C@@]43C)[C@@H]2CC[C@@]2(C1)O[C@@H]1C[C@H](C)CN(C)C1[C@H]2C. The molecular weight excluding hydrogens is 394 g/mol. The highest BCUT2D eigenvalue weighted by molar-refractivity contribution is 5.34. The van der Waals surface area contributed by atoms with Crippen LogP contribution in [0.4, 0.5) is 0 Å². The minimum atomic E-state index is -0.107. The Morgan fingerprint density at radius 2 is 1.97 bits per heavy atom. The fourth-order valence-electron chi connectivity index (χ4n) is 9.81. The molecule has 1 unspecified atom stereocenters. The molecule has 2 aliphatic heterocycles. The van der Waals surface area contributed by atoms with Crippen molar-refractivity contribution >= 4 is 0 Å². The molecule has 0 aromatic heterocycles. The van der Waals surface area contributed by atoms with Crippen LogP contribution in [0.5, 0.6) is 0 Å². The zero-order valence-electron chi connectivity index (χ0n) is 21.1. The van der Waals surface area contributed by atoms with Crippen molar-refractivity contribution in [3.63, 3.8) is 0 Å². The lowest BCUT2D eigenvalue weighted by Crippen LogP contribution is -2.49. The Bertz CT molecular complexity index is 846. The van der Waals surface area contributed by atoms with Crippen LogP contribution in [-0.4, -0.2) is 47.4 Å². The zero-order valence-corrected chi connectivity index (χ0v) is 21.1. The molecule has 10 atom stereocenters. The van der Waals surface area contributed by atoms with Crippen molar-refractivity contribution in [1.82, 2.24) is 4.90 Å². The van der Waals surface area contributed by atoms with E-state index in [1.807, 2.05) is 5.57 Å². The van der Waals surface area contributed by atoms with Gasteiger partial charge in [-0.3, -0.25) is 0 Å². The summed E-state index contributed by atoms with van der Waals surface area (Å²) in [4.78, 5) is 2.62. The van der Waals surface area contributed by atoms with E-state index in [0.717, 1.165) is 42.9 Å². The molecule has 178 valence electrons. The van der Waals surface area contributed by atoms with Gasteiger partial charge in [0.2, 0.25) is 0 Å². The second-order valence-electron chi connectivity index (χ2n) is 13.2. The molecule has 4 fully saturated rings.